The highest BCUT2D eigenvalue weighted by Crippen LogP contribution is 2.15. The summed E-state index contributed by atoms with van der Waals surface area (Å²) in [6.45, 7) is 8.63. The fourth-order valence-electron chi connectivity index (χ4n) is 2.08. The molecule has 0 fully saturated rings. The van der Waals surface area contributed by atoms with Crippen LogP contribution in [0.5, 0.6) is 0 Å². The Morgan fingerprint density at radius 2 is 2.00 bits per heavy atom. The largest absolute Gasteiger partial charge is 0.336 e. The van der Waals surface area contributed by atoms with Crippen LogP contribution in [0.3, 0.4) is 0 Å². The van der Waals surface area contributed by atoms with Crippen LogP contribution in [0.4, 0.5) is 4.39 Å². The van der Waals surface area contributed by atoms with Gasteiger partial charge in [-0.3, -0.25) is 4.79 Å². The van der Waals surface area contributed by atoms with Gasteiger partial charge in [-0.2, -0.15) is 0 Å². The Kier molecular flexibility index (Phi) is 6.00. The van der Waals surface area contributed by atoms with Crippen molar-refractivity contribution in [3.05, 3.63) is 35.1 Å². The molecule has 0 radical (unpaired) electrons. The molecule has 0 bridgehead atoms. The first kappa shape index (κ1) is 15.7. The van der Waals surface area contributed by atoms with Gasteiger partial charge in [-0.25, -0.2) is 4.39 Å². The van der Waals surface area contributed by atoms with E-state index in [0.29, 0.717) is 6.54 Å². The number of unbranched alkanes of at least 4 members (excludes halogenated alkanes) is 2. The average molecular weight is 265 g/mol. The summed E-state index contributed by atoms with van der Waals surface area (Å²) in [7, 11) is 0. The second-order valence-corrected chi connectivity index (χ2v) is 5.28. The molecule has 0 saturated heterocycles. The Bertz CT molecular complexity index is 429. The Labute approximate surface area is 115 Å². The van der Waals surface area contributed by atoms with E-state index in [2.05, 4.69) is 6.92 Å². The first-order valence-electron chi connectivity index (χ1n) is 7.04. The van der Waals surface area contributed by atoms with E-state index in [1.165, 1.54) is 6.07 Å². The van der Waals surface area contributed by atoms with E-state index in [1.807, 2.05) is 20.8 Å². The van der Waals surface area contributed by atoms with Gasteiger partial charge in [0.25, 0.3) is 5.91 Å². The van der Waals surface area contributed by atoms with Crippen molar-refractivity contribution in [3.8, 4) is 0 Å². The van der Waals surface area contributed by atoms with Gasteiger partial charge >= 0.3 is 0 Å². The lowest BCUT2D eigenvalue weighted by molar-refractivity contribution is 0.0697. The zero-order chi connectivity index (χ0) is 14.4. The summed E-state index contributed by atoms with van der Waals surface area (Å²) < 4.78 is 13.8. The van der Waals surface area contributed by atoms with E-state index in [-0.39, 0.29) is 17.5 Å². The lowest BCUT2D eigenvalue weighted by atomic mass is 10.1. The molecule has 2 nitrogen and oxygen atoms in total. The van der Waals surface area contributed by atoms with Crippen LogP contribution in [0.2, 0.25) is 0 Å². The lowest BCUT2D eigenvalue weighted by Gasteiger charge is -2.27. The van der Waals surface area contributed by atoms with Gasteiger partial charge in [-0.05, 0) is 39.3 Å². The SMILES string of the molecule is CCCCCN(C(=O)c1cc(C)ccc1F)C(C)C. The van der Waals surface area contributed by atoms with Crippen molar-refractivity contribution in [3.63, 3.8) is 0 Å². The lowest BCUT2D eigenvalue weighted by Crippen LogP contribution is -2.38. The third-order valence-electron chi connectivity index (χ3n) is 3.24. The number of aryl methyl sites for hydroxylation is 1. The van der Waals surface area contributed by atoms with Crippen molar-refractivity contribution in [1.82, 2.24) is 4.90 Å². The standard InChI is InChI=1S/C16H24FNO/c1-5-6-7-10-18(12(2)3)16(19)14-11-13(4)8-9-15(14)17/h8-9,11-12H,5-7,10H2,1-4H3. The third kappa shape index (κ3) is 4.34. The molecule has 0 spiro atoms. The van der Waals surface area contributed by atoms with Crippen molar-refractivity contribution in [2.45, 2.75) is 53.0 Å². The number of hydrogen-bond acceptors (Lipinski definition) is 1. The van der Waals surface area contributed by atoms with Crippen molar-refractivity contribution in [1.29, 1.82) is 0 Å². The summed E-state index contributed by atoms with van der Waals surface area (Å²) in [5.41, 5.74) is 1.09. The summed E-state index contributed by atoms with van der Waals surface area (Å²) in [5.74, 6) is -0.635. The first-order valence-corrected chi connectivity index (χ1v) is 7.04. The molecule has 1 rings (SSSR count). The van der Waals surface area contributed by atoms with Gasteiger partial charge in [-0.15, -0.1) is 0 Å². The maximum absolute atomic E-state index is 13.8. The molecule has 106 valence electrons. The second-order valence-electron chi connectivity index (χ2n) is 5.28. The summed E-state index contributed by atoms with van der Waals surface area (Å²) in [4.78, 5) is 14.2. The molecular weight excluding hydrogens is 241 g/mol. The predicted molar refractivity (Wildman–Crippen MR) is 76.8 cm³/mol. The Morgan fingerprint density at radius 3 is 2.58 bits per heavy atom. The fourth-order valence-corrected chi connectivity index (χ4v) is 2.08. The summed E-state index contributed by atoms with van der Waals surface area (Å²) in [5, 5.41) is 0. The highest BCUT2D eigenvalue weighted by atomic mass is 19.1. The van der Waals surface area contributed by atoms with Gasteiger partial charge in [0.2, 0.25) is 0 Å². The van der Waals surface area contributed by atoms with Crippen molar-refractivity contribution < 1.29 is 9.18 Å². The van der Waals surface area contributed by atoms with Crippen molar-refractivity contribution >= 4 is 5.91 Å². The number of hydrogen-bond donors (Lipinski definition) is 0. The van der Waals surface area contributed by atoms with Crippen LogP contribution in [-0.4, -0.2) is 23.4 Å². The molecule has 0 saturated carbocycles. The first-order chi connectivity index (χ1) is 8.97. The number of carbonyl (C=O) groups excluding carboxylic acids is 1. The van der Waals surface area contributed by atoms with Gasteiger partial charge in [0.15, 0.2) is 0 Å². The number of benzene rings is 1. The van der Waals surface area contributed by atoms with E-state index in [0.717, 1.165) is 24.8 Å². The van der Waals surface area contributed by atoms with Crippen LogP contribution >= 0.6 is 0 Å². The summed E-state index contributed by atoms with van der Waals surface area (Å²) in [6.07, 6.45) is 3.17. The molecule has 3 heteroatoms. The minimum atomic E-state index is -0.434. The molecular formula is C16H24FNO. The van der Waals surface area contributed by atoms with E-state index in [1.54, 1.807) is 17.0 Å². The highest BCUT2D eigenvalue weighted by Gasteiger charge is 2.21. The molecule has 0 aliphatic rings. The molecule has 1 aromatic rings. The molecule has 0 atom stereocenters. The molecule has 0 unspecified atom stereocenters. The van der Waals surface area contributed by atoms with Crippen LogP contribution in [0, 0.1) is 12.7 Å². The zero-order valence-electron chi connectivity index (χ0n) is 12.4. The van der Waals surface area contributed by atoms with Crippen molar-refractivity contribution in [2.75, 3.05) is 6.54 Å². The van der Waals surface area contributed by atoms with Gasteiger partial charge in [0, 0.05) is 12.6 Å². The fraction of sp³-hybridized carbons (Fsp3) is 0.562. The Morgan fingerprint density at radius 1 is 1.32 bits per heavy atom. The van der Waals surface area contributed by atoms with E-state index >= 15 is 0 Å². The minimum absolute atomic E-state index is 0.0873. The molecule has 19 heavy (non-hydrogen) atoms. The van der Waals surface area contributed by atoms with Gasteiger partial charge in [0.05, 0.1) is 5.56 Å². The van der Waals surface area contributed by atoms with Gasteiger partial charge in [-0.1, -0.05) is 31.4 Å². The molecule has 0 aromatic heterocycles. The number of carbonyl (C=O) groups is 1. The van der Waals surface area contributed by atoms with E-state index < -0.39 is 5.82 Å². The van der Waals surface area contributed by atoms with Crippen LogP contribution in [0.25, 0.3) is 0 Å². The number of nitrogens with zero attached hydrogens (tertiary/aromatic N) is 1. The monoisotopic (exact) mass is 265 g/mol. The Hall–Kier alpha value is -1.38. The molecule has 0 heterocycles. The summed E-state index contributed by atoms with van der Waals surface area (Å²) in [6, 6.07) is 4.77. The number of amides is 1. The average Bonchev–Trinajstić information content (AvgIpc) is 2.36. The highest BCUT2D eigenvalue weighted by molar-refractivity contribution is 5.94. The number of halogens is 1. The minimum Gasteiger partial charge on any atom is -0.336 e. The van der Waals surface area contributed by atoms with Crippen LogP contribution < -0.4 is 0 Å². The third-order valence-corrected chi connectivity index (χ3v) is 3.24. The van der Waals surface area contributed by atoms with Gasteiger partial charge < -0.3 is 4.90 Å². The van der Waals surface area contributed by atoms with Crippen LogP contribution in [0.1, 0.15) is 56.0 Å². The molecule has 0 aliphatic heterocycles. The Balaban J connectivity index is 2.89. The topological polar surface area (TPSA) is 20.3 Å². The summed E-state index contributed by atoms with van der Waals surface area (Å²) >= 11 is 0. The molecule has 1 aromatic carbocycles. The molecule has 0 N–H and O–H groups in total. The van der Waals surface area contributed by atoms with Crippen LogP contribution in [0.15, 0.2) is 18.2 Å². The molecule has 0 aliphatic carbocycles. The maximum atomic E-state index is 13.8. The van der Waals surface area contributed by atoms with Gasteiger partial charge in [0.1, 0.15) is 5.82 Å². The smallest absolute Gasteiger partial charge is 0.257 e. The second kappa shape index (κ2) is 7.27. The van der Waals surface area contributed by atoms with Crippen molar-refractivity contribution in [2.24, 2.45) is 0 Å². The van der Waals surface area contributed by atoms with Crippen LogP contribution in [-0.2, 0) is 0 Å². The quantitative estimate of drug-likeness (QED) is 0.707. The van der Waals surface area contributed by atoms with E-state index in [4.69, 9.17) is 0 Å². The predicted octanol–water partition coefficient (Wildman–Crippen LogP) is 4.17. The number of rotatable bonds is 6. The normalized spacial score (nSPS) is 10.8. The van der Waals surface area contributed by atoms with E-state index in [9.17, 15) is 9.18 Å². The zero-order valence-corrected chi connectivity index (χ0v) is 12.4. The molecule has 1 amide bonds. The maximum Gasteiger partial charge on any atom is 0.257 e.